The molecule has 0 aliphatic carbocycles. The van der Waals surface area contributed by atoms with Crippen molar-refractivity contribution in [1.29, 1.82) is 5.26 Å². The third kappa shape index (κ3) is 3.41. The van der Waals surface area contributed by atoms with E-state index >= 15 is 0 Å². The fraction of sp³-hybridized carbons (Fsp3) is 0.263. The van der Waals surface area contributed by atoms with Gasteiger partial charge >= 0.3 is 0 Å². The van der Waals surface area contributed by atoms with E-state index in [9.17, 15) is 5.26 Å². The summed E-state index contributed by atoms with van der Waals surface area (Å²) in [7, 11) is 0. The molecule has 1 aromatic carbocycles. The molecular formula is C19H18N6O. The quantitative estimate of drug-likeness (QED) is 0.717. The molecule has 0 unspecified atom stereocenters. The molecule has 7 nitrogen and oxygen atoms in total. The molecular weight excluding hydrogens is 328 g/mol. The molecule has 1 aliphatic rings. The third-order valence-corrected chi connectivity index (χ3v) is 4.44. The van der Waals surface area contributed by atoms with Gasteiger partial charge in [0, 0.05) is 37.9 Å². The van der Waals surface area contributed by atoms with Crippen molar-refractivity contribution in [3.8, 4) is 17.5 Å². The Kier molecular flexibility index (Phi) is 4.58. The summed E-state index contributed by atoms with van der Waals surface area (Å²) in [5, 5.41) is 13.3. The summed E-state index contributed by atoms with van der Waals surface area (Å²) in [5.41, 5.74) is 1.57. The van der Waals surface area contributed by atoms with Crippen molar-refractivity contribution >= 4 is 5.82 Å². The van der Waals surface area contributed by atoms with Gasteiger partial charge in [-0.05, 0) is 12.1 Å². The number of hydrogen-bond donors (Lipinski definition) is 0. The van der Waals surface area contributed by atoms with Gasteiger partial charge in [-0.1, -0.05) is 35.5 Å². The van der Waals surface area contributed by atoms with E-state index in [2.05, 4.69) is 31.0 Å². The van der Waals surface area contributed by atoms with E-state index in [0.717, 1.165) is 37.6 Å². The zero-order valence-electron chi connectivity index (χ0n) is 14.2. The molecule has 1 saturated heterocycles. The smallest absolute Gasteiger partial charge is 0.241 e. The zero-order chi connectivity index (χ0) is 17.8. The molecule has 0 spiro atoms. The molecule has 0 N–H and O–H groups in total. The van der Waals surface area contributed by atoms with Crippen LogP contribution in [-0.4, -0.2) is 46.2 Å². The minimum Gasteiger partial charge on any atom is -0.353 e. The van der Waals surface area contributed by atoms with Crippen molar-refractivity contribution < 1.29 is 4.52 Å². The van der Waals surface area contributed by atoms with Crippen LogP contribution in [0.2, 0.25) is 0 Å². The number of rotatable bonds is 4. The van der Waals surface area contributed by atoms with Crippen LogP contribution < -0.4 is 4.90 Å². The van der Waals surface area contributed by atoms with Crippen LogP contribution in [-0.2, 0) is 6.54 Å². The van der Waals surface area contributed by atoms with E-state index in [-0.39, 0.29) is 0 Å². The number of aromatic nitrogens is 3. The Morgan fingerprint density at radius 3 is 2.62 bits per heavy atom. The first-order valence-corrected chi connectivity index (χ1v) is 8.54. The van der Waals surface area contributed by atoms with Crippen LogP contribution in [0.4, 0.5) is 5.82 Å². The van der Waals surface area contributed by atoms with E-state index in [1.807, 2.05) is 30.3 Å². The first-order chi connectivity index (χ1) is 12.8. The van der Waals surface area contributed by atoms with Gasteiger partial charge in [0.05, 0.1) is 12.1 Å². The lowest BCUT2D eigenvalue weighted by Crippen LogP contribution is -2.46. The van der Waals surface area contributed by atoms with Crippen LogP contribution in [0.5, 0.6) is 0 Å². The Bertz CT molecular complexity index is 909. The molecule has 26 heavy (non-hydrogen) atoms. The van der Waals surface area contributed by atoms with Gasteiger partial charge < -0.3 is 9.42 Å². The molecule has 3 aromatic rings. The summed E-state index contributed by atoms with van der Waals surface area (Å²) < 4.78 is 5.40. The largest absolute Gasteiger partial charge is 0.353 e. The standard InChI is InChI=1S/C19H18N6O/c20-13-16-7-4-8-21-19(16)25-11-9-24(10-12-25)14-17-22-18(23-26-17)15-5-2-1-3-6-15/h1-8H,9-12,14H2. The predicted molar refractivity (Wildman–Crippen MR) is 96.2 cm³/mol. The number of piperazine rings is 1. The van der Waals surface area contributed by atoms with E-state index in [0.29, 0.717) is 23.8 Å². The number of anilines is 1. The minimum atomic E-state index is 0.616. The Morgan fingerprint density at radius 2 is 1.85 bits per heavy atom. The molecule has 0 saturated carbocycles. The van der Waals surface area contributed by atoms with Crippen LogP contribution in [0.15, 0.2) is 53.2 Å². The monoisotopic (exact) mass is 346 g/mol. The fourth-order valence-corrected chi connectivity index (χ4v) is 3.07. The molecule has 0 radical (unpaired) electrons. The first kappa shape index (κ1) is 16.2. The lowest BCUT2D eigenvalue weighted by molar-refractivity contribution is 0.215. The highest BCUT2D eigenvalue weighted by atomic mass is 16.5. The molecule has 0 atom stereocenters. The van der Waals surface area contributed by atoms with Crippen LogP contribution in [0.3, 0.4) is 0 Å². The maximum atomic E-state index is 9.24. The van der Waals surface area contributed by atoms with E-state index in [4.69, 9.17) is 4.52 Å². The highest BCUT2D eigenvalue weighted by molar-refractivity contribution is 5.54. The second-order valence-corrected chi connectivity index (χ2v) is 6.13. The van der Waals surface area contributed by atoms with Crippen LogP contribution >= 0.6 is 0 Å². The van der Waals surface area contributed by atoms with E-state index in [1.54, 1.807) is 18.3 Å². The summed E-state index contributed by atoms with van der Waals surface area (Å²) >= 11 is 0. The molecule has 3 heterocycles. The Hall–Kier alpha value is -3.24. The summed E-state index contributed by atoms with van der Waals surface area (Å²) in [4.78, 5) is 13.3. The molecule has 1 fully saturated rings. The van der Waals surface area contributed by atoms with Crippen molar-refractivity contribution in [2.75, 3.05) is 31.1 Å². The second kappa shape index (κ2) is 7.33. The summed E-state index contributed by atoms with van der Waals surface area (Å²) in [6.45, 7) is 3.95. The van der Waals surface area contributed by atoms with Crippen molar-refractivity contribution in [3.05, 3.63) is 60.1 Å². The molecule has 1 aliphatic heterocycles. The molecule has 0 bridgehead atoms. The van der Waals surface area contributed by atoms with Gasteiger partial charge in [0.15, 0.2) is 0 Å². The number of nitrogens with zero attached hydrogens (tertiary/aromatic N) is 6. The Morgan fingerprint density at radius 1 is 1.04 bits per heavy atom. The van der Waals surface area contributed by atoms with E-state index in [1.165, 1.54) is 0 Å². The van der Waals surface area contributed by atoms with Gasteiger partial charge in [0.1, 0.15) is 11.9 Å². The maximum absolute atomic E-state index is 9.24. The van der Waals surface area contributed by atoms with Gasteiger partial charge in [-0.15, -0.1) is 0 Å². The van der Waals surface area contributed by atoms with Crippen molar-refractivity contribution in [1.82, 2.24) is 20.0 Å². The average molecular weight is 346 g/mol. The lowest BCUT2D eigenvalue weighted by Gasteiger charge is -2.34. The van der Waals surface area contributed by atoms with Crippen LogP contribution in [0.1, 0.15) is 11.5 Å². The average Bonchev–Trinajstić information content (AvgIpc) is 3.18. The van der Waals surface area contributed by atoms with Gasteiger partial charge in [0.25, 0.3) is 0 Å². The molecule has 7 heteroatoms. The van der Waals surface area contributed by atoms with Crippen molar-refractivity contribution in [2.24, 2.45) is 0 Å². The first-order valence-electron chi connectivity index (χ1n) is 8.54. The Labute approximate surface area is 151 Å². The summed E-state index contributed by atoms with van der Waals surface area (Å²) in [5.74, 6) is 2.00. The number of pyridine rings is 1. The van der Waals surface area contributed by atoms with Crippen LogP contribution in [0, 0.1) is 11.3 Å². The van der Waals surface area contributed by atoms with Crippen LogP contribution in [0.25, 0.3) is 11.4 Å². The van der Waals surface area contributed by atoms with E-state index < -0.39 is 0 Å². The maximum Gasteiger partial charge on any atom is 0.241 e. The third-order valence-electron chi connectivity index (χ3n) is 4.44. The van der Waals surface area contributed by atoms with Crippen molar-refractivity contribution in [3.63, 3.8) is 0 Å². The minimum absolute atomic E-state index is 0.616. The molecule has 2 aromatic heterocycles. The number of nitriles is 1. The highest BCUT2D eigenvalue weighted by Gasteiger charge is 2.21. The van der Waals surface area contributed by atoms with Gasteiger partial charge in [-0.25, -0.2) is 4.98 Å². The molecule has 0 amide bonds. The molecule has 130 valence electrons. The zero-order valence-corrected chi connectivity index (χ0v) is 14.2. The number of hydrogen-bond acceptors (Lipinski definition) is 7. The summed E-state index contributed by atoms with van der Waals surface area (Å²) in [6, 6.07) is 15.6. The summed E-state index contributed by atoms with van der Waals surface area (Å²) in [6.07, 6.45) is 1.73. The van der Waals surface area contributed by atoms with Gasteiger partial charge in [0.2, 0.25) is 11.7 Å². The fourth-order valence-electron chi connectivity index (χ4n) is 3.07. The topological polar surface area (TPSA) is 82.1 Å². The predicted octanol–water partition coefficient (Wildman–Crippen LogP) is 2.33. The molecule has 4 rings (SSSR count). The van der Waals surface area contributed by atoms with Gasteiger partial charge in [-0.2, -0.15) is 10.2 Å². The SMILES string of the molecule is N#Cc1cccnc1N1CCN(Cc2nc(-c3ccccc3)no2)CC1. The van der Waals surface area contributed by atoms with Gasteiger partial charge in [-0.3, -0.25) is 4.90 Å². The number of benzene rings is 1. The lowest BCUT2D eigenvalue weighted by atomic mass is 10.2. The normalized spacial score (nSPS) is 15.0. The second-order valence-electron chi connectivity index (χ2n) is 6.13. The Balaban J connectivity index is 1.37. The highest BCUT2D eigenvalue weighted by Crippen LogP contribution is 2.19. The van der Waals surface area contributed by atoms with Crippen molar-refractivity contribution in [2.45, 2.75) is 6.54 Å².